The normalized spacial score (nSPS) is 21.8. The van der Waals surface area contributed by atoms with Gasteiger partial charge in [-0.25, -0.2) is 19.2 Å². The standard InChI is InChI=1S/C34H24O22/c35-10-1-6-15(23(43)19(10)39)16-7(2-11(36)20(40)24(16)44)31(48)54-27-14(5-52-30(6)47)53-34(51)29-28(27)55-32(49)8-3-12(37)21(41)25(45)17(8)18-9(33(50)56-29)4-13(38)22(42)26(18)46/h1-4,14,27-29,34-46,51H,5H2/t14-,27-,28-,29-,34-/m1/s1. The van der Waals surface area contributed by atoms with Crippen LogP contribution in [0.15, 0.2) is 24.3 Å². The molecule has 0 spiro atoms. The van der Waals surface area contributed by atoms with E-state index in [-0.39, 0.29) is 0 Å². The molecule has 0 saturated carbocycles. The molecule has 292 valence electrons. The molecule has 0 amide bonds. The summed E-state index contributed by atoms with van der Waals surface area (Å²) in [4.78, 5) is 55.3. The minimum atomic E-state index is -2.40. The van der Waals surface area contributed by atoms with Gasteiger partial charge in [-0.3, -0.25) is 0 Å². The molecule has 1 fully saturated rings. The third-order valence-electron chi connectivity index (χ3n) is 9.11. The van der Waals surface area contributed by atoms with Crippen molar-refractivity contribution in [3.05, 3.63) is 46.5 Å². The second-order valence-corrected chi connectivity index (χ2v) is 12.3. The number of aliphatic hydroxyl groups excluding tert-OH is 1. The average Bonchev–Trinajstić information content (AvgIpc) is 3.16. The lowest BCUT2D eigenvalue weighted by Crippen LogP contribution is -2.62. The van der Waals surface area contributed by atoms with E-state index >= 15 is 0 Å². The number of hydrogen-bond donors (Lipinski definition) is 13. The highest BCUT2D eigenvalue weighted by Gasteiger charge is 2.54. The highest BCUT2D eigenvalue weighted by Crippen LogP contribution is 2.55. The van der Waals surface area contributed by atoms with Crippen molar-refractivity contribution in [1.82, 2.24) is 0 Å². The van der Waals surface area contributed by atoms with Gasteiger partial charge in [-0.1, -0.05) is 0 Å². The van der Waals surface area contributed by atoms with E-state index in [2.05, 4.69) is 0 Å². The second kappa shape index (κ2) is 12.7. The number of aliphatic hydroxyl groups is 1. The van der Waals surface area contributed by atoms with Crippen molar-refractivity contribution in [3.8, 4) is 91.2 Å². The predicted octanol–water partition coefficient (Wildman–Crippen LogP) is 0.665. The van der Waals surface area contributed by atoms with Gasteiger partial charge in [0.15, 0.2) is 70.6 Å². The van der Waals surface area contributed by atoms with Crippen LogP contribution in [0.5, 0.6) is 69.0 Å². The number of aromatic hydroxyl groups is 12. The summed E-state index contributed by atoms with van der Waals surface area (Å²) in [6.45, 7) is -1.08. The molecule has 7 rings (SSSR count). The molecule has 5 atom stereocenters. The lowest BCUT2D eigenvalue weighted by Gasteiger charge is -2.43. The third kappa shape index (κ3) is 5.34. The van der Waals surface area contributed by atoms with Crippen LogP contribution >= 0.6 is 0 Å². The third-order valence-corrected chi connectivity index (χ3v) is 9.11. The molecule has 0 unspecified atom stereocenters. The number of benzene rings is 4. The van der Waals surface area contributed by atoms with E-state index in [1.807, 2.05) is 0 Å². The molecule has 22 heteroatoms. The summed E-state index contributed by atoms with van der Waals surface area (Å²) in [5.41, 5.74) is -7.76. The minimum Gasteiger partial charge on any atom is -0.504 e. The maximum Gasteiger partial charge on any atom is 0.339 e. The SMILES string of the molecule is O=C1OC[C@H]2O[C@@H](O)[C@@H]3OC(=O)c4cc(O)c(O)c(O)c4-c4c(cc(O)c(O)c4O)C(=O)O[C@@H]3[C@@H]2OC(=O)c2cc(O)c(O)c(O)c2-c2c1cc(O)c(O)c2O. The molecular formula is C34H24O22. The summed E-state index contributed by atoms with van der Waals surface area (Å²) in [5, 5.41) is 137. The summed E-state index contributed by atoms with van der Waals surface area (Å²) in [6, 6.07) is 1.96. The number of hydrogen-bond acceptors (Lipinski definition) is 22. The molecule has 56 heavy (non-hydrogen) atoms. The molecule has 0 bridgehead atoms. The van der Waals surface area contributed by atoms with E-state index in [0.29, 0.717) is 24.3 Å². The van der Waals surface area contributed by atoms with Gasteiger partial charge < -0.3 is 90.1 Å². The van der Waals surface area contributed by atoms with E-state index in [4.69, 9.17) is 23.7 Å². The van der Waals surface area contributed by atoms with Crippen LogP contribution in [0.2, 0.25) is 0 Å². The predicted molar refractivity (Wildman–Crippen MR) is 173 cm³/mol. The molecule has 22 nitrogen and oxygen atoms in total. The van der Waals surface area contributed by atoms with E-state index in [0.717, 1.165) is 0 Å². The molecule has 3 aliphatic rings. The van der Waals surface area contributed by atoms with Gasteiger partial charge in [0.05, 0.1) is 22.3 Å². The van der Waals surface area contributed by atoms with Crippen LogP contribution in [-0.2, 0) is 23.7 Å². The first kappa shape index (κ1) is 36.6. The van der Waals surface area contributed by atoms with Gasteiger partial charge in [-0.15, -0.1) is 0 Å². The lowest BCUT2D eigenvalue weighted by molar-refractivity contribution is -0.284. The highest BCUT2D eigenvalue weighted by atomic mass is 16.7. The van der Waals surface area contributed by atoms with E-state index in [1.54, 1.807) is 0 Å². The van der Waals surface area contributed by atoms with Gasteiger partial charge in [-0.2, -0.15) is 0 Å². The highest BCUT2D eigenvalue weighted by molar-refractivity contribution is 6.10. The van der Waals surface area contributed by atoms with Gasteiger partial charge in [0, 0.05) is 22.3 Å². The molecular weight excluding hydrogens is 760 g/mol. The summed E-state index contributed by atoms with van der Waals surface area (Å²) in [7, 11) is 0. The minimum absolute atomic E-state index is 0.465. The topological polar surface area (TPSA) is 377 Å². The van der Waals surface area contributed by atoms with Crippen LogP contribution in [0.1, 0.15) is 41.4 Å². The van der Waals surface area contributed by atoms with Crippen molar-refractivity contribution in [1.29, 1.82) is 0 Å². The summed E-state index contributed by atoms with van der Waals surface area (Å²) < 4.78 is 27.2. The van der Waals surface area contributed by atoms with Crippen LogP contribution in [0.3, 0.4) is 0 Å². The van der Waals surface area contributed by atoms with Gasteiger partial charge in [-0.05, 0) is 24.3 Å². The second-order valence-electron chi connectivity index (χ2n) is 12.3. The smallest absolute Gasteiger partial charge is 0.339 e. The Bertz CT molecular complexity index is 2440. The van der Waals surface area contributed by atoms with Crippen LogP contribution in [0.25, 0.3) is 22.3 Å². The zero-order valence-electron chi connectivity index (χ0n) is 27.4. The number of carbonyl (C=O) groups excluding carboxylic acids is 4. The molecule has 3 aliphatic heterocycles. The molecule has 0 radical (unpaired) electrons. The Morgan fingerprint density at radius 2 is 0.714 bits per heavy atom. The Kier molecular flexibility index (Phi) is 8.31. The van der Waals surface area contributed by atoms with E-state index in [1.165, 1.54) is 0 Å². The van der Waals surface area contributed by atoms with Crippen LogP contribution in [-0.4, -0.2) is 128 Å². The quantitative estimate of drug-likeness (QED) is 0.0661. The van der Waals surface area contributed by atoms with Gasteiger partial charge in [0.1, 0.15) is 12.7 Å². The lowest BCUT2D eigenvalue weighted by atomic mass is 9.91. The fourth-order valence-electron chi connectivity index (χ4n) is 6.46. The molecule has 3 heterocycles. The Hall–Kier alpha value is -7.72. The number of phenols is 12. The fraction of sp³-hybridized carbons (Fsp3) is 0.176. The number of esters is 4. The summed E-state index contributed by atoms with van der Waals surface area (Å²) >= 11 is 0. The van der Waals surface area contributed by atoms with Crippen molar-refractivity contribution >= 4 is 23.9 Å². The first-order valence-electron chi connectivity index (χ1n) is 15.6. The number of cyclic esters (lactones) is 1. The number of carbonyl (C=O) groups is 4. The number of ether oxygens (including phenoxy) is 5. The molecule has 1 saturated heterocycles. The molecule has 0 aliphatic carbocycles. The van der Waals surface area contributed by atoms with Crippen LogP contribution in [0, 0.1) is 0 Å². The van der Waals surface area contributed by atoms with Crippen LogP contribution in [0.4, 0.5) is 0 Å². The fourth-order valence-corrected chi connectivity index (χ4v) is 6.46. The monoisotopic (exact) mass is 784 g/mol. The van der Waals surface area contributed by atoms with Crippen molar-refractivity contribution < 1.29 is 109 Å². The number of fused-ring (bicyclic) bond motifs is 9. The van der Waals surface area contributed by atoms with Crippen molar-refractivity contribution in [2.24, 2.45) is 0 Å². The van der Waals surface area contributed by atoms with E-state index < -0.39 is 175 Å². The summed E-state index contributed by atoms with van der Waals surface area (Å²) in [6.07, 6.45) is -11.1. The maximum absolute atomic E-state index is 14.1. The Morgan fingerprint density at radius 3 is 1.07 bits per heavy atom. The van der Waals surface area contributed by atoms with Crippen molar-refractivity contribution in [2.45, 2.75) is 30.7 Å². The Balaban J connectivity index is 1.44. The molecule has 4 aromatic rings. The molecule has 4 aromatic carbocycles. The Morgan fingerprint density at radius 1 is 0.411 bits per heavy atom. The number of phenolic OH excluding ortho intramolecular Hbond substituents is 12. The van der Waals surface area contributed by atoms with E-state index in [9.17, 15) is 85.6 Å². The molecule has 13 N–H and O–H groups in total. The van der Waals surface area contributed by atoms with Crippen molar-refractivity contribution in [3.63, 3.8) is 0 Å². The van der Waals surface area contributed by atoms with Gasteiger partial charge >= 0.3 is 23.9 Å². The molecule has 0 aromatic heterocycles. The Labute approximate surface area is 308 Å². The summed E-state index contributed by atoms with van der Waals surface area (Å²) in [5.74, 6) is -21.9. The average molecular weight is 785 g/mol. The van der Waals surface area contributed by atoms with Crippen LogP contribution < -0.4 is 0 Å². The zero-order valence-corrected chi connectivity index (χ0v) is 27.4. The maximum atomic E-state index is 14.1. The first-order valence-corrected chi connectivity index (χ1v) is 15.6. The van der Waals surface area contributed by atoms with Crippen molar-refractivity contribution in [2.75, 3.05) is 6.61 Å². The number of rotatable bonds is 0. The largest absolute Gasteiger partial charge is 0.504 e. The van der Waals surface area contributed by atoms with Gasteiger partial charge in [0.25, 0.3) is 0 Å². The first-order chi connectivity index (χ1) is 26.3. The zero-order chi connectivity index (χ0) is 40.8. The van der Waals surface area contributed by atoms with Gasteiger partial charge in [0.2, 0.25) is 23.0 Å².